The molecule has 2 amide bonds. The molecule has 5 nitrogen and oxygen atoms in total. The highest BCUT2D eigenvalue weighted by atomic mass is 35.5. The predicted molar refractivity (Wildman–Crippen MR) is 118 cm³/mol. The van der Waals surface area contributed by atoms with Crippen molar-refractivity contribution >= 4 is 29.1 Å². The van der Waals surface area contributed by atoms with Crippen LogP contribution < -0.4 is 10.1 Å². The number of anilines is 1. The molecule has 2 aliphatic rings. The van der Waals surface area contributed by atoms with E-state index in [4.69, 9.17) is 16.3 Å². The Morgan fingerprint density at radius 2 is 1.83 bits per heavy atom. The van der Waals surface area contributed by atoms with Crippen molar-refractivity contribution in [3.63, 3.8) is 0 Å². The van der Waals surface area contributed by atoms with E-state index in [1.165, 1.54) is 0 Å². The fourth-order valence-electron chi connectivity index (χ4n) is 4.85. The van der Waals surface area contributed by atoms with E-state index in [0.29, 0.717) is 23.7 Å². The lowest BCUT2D eigenvalue weighted by Gasteiger charge is -2.35. The summed E-state index contributed by atoms with van der Waals surface area (Å²) >= 11 is 6.24. The summed E-state index contributed by atoms with van der Waals surface area (Å²) in [5, 5.41) is 3.60. The number of halogens is 1. The van der Waals surface area contributed by atoms with Gasteiger partial charge in [0.1, 0.15) is 11.8 Å². The van der Waals surface area contributed by atoms with E-state index in [1.54, 1.807) is 24.1 Å². The van der Waals surface area contributed by atoms with Gasteiger partial charge in [0.05, 0.1) is 12.5 Å². The number of nitrogens with one attached hydrogen (secondary N) is 1. The smallest absolute Gasteiger partial charge is 0.247 e. The molecule has 1 N–H and O–H groups in total. The third-order valence-corrected chi connectivity index (χ3v) is 6.65. The van der Waals surface area contributed by atoms with E-state index in [0.717, 1.165) is 43.4 Å². The van der Waals surface area contributed by atoms with Crippen molar-refractivity contribution in [1.82, 2.24) is 4.90 Å². The number of nitrogens with zero attached hydrogens (tertiary/aromatic N) is 1. The Labute approximate surface area is 182 Å². The minimum atomic E-state index is -0.576. The van der Waals surface area contributed by atoms with Crippen LogP contribution >= 0.6 is 11.6 Å². The summed E-state index contributed by atoms with van der Waals surface area (Å²) in [6, 6.07) is 14.4. The molecular weight excluding hydrogens is 400 g/mol. The fourth-order valence-corrected chi connectivity index (χ4v) is 5.04. The van der Waals surface area contributed by atoms with Crippen LogP contribution in [0.3, 0.4) is 0 Å². The van der Waals surface area contributed by atoms with Gasteiger partial charge in [-0.05, 0) is 67.6 Å². The number of benzene rings is 2. The van der Waals surface area contributed by atoms with Crippen LogP contribution in [0, 0.1) is 0 Å². The summed E-state index contributed by atoms with van der Waals surface area (Å²) in [6.07, 6.45) is 5.13. The van der Waals surface area contributed by atoms with E-state index < -0.39 is 11.5 Å². The molecule has 0 bridgehead atoms. The average Bonchev–Trinajstić information content (AvgIpc) is 3.44. The van der Waals surface area contributed by atoms with Crippen LogP contribution in [0.5, 0.6) is 5.75 Å². The number of carbonyl (C=O) groups is 2. The fraction of sp³-hybridized carbons (Fsp3) is 0.417. The summed E-state index contributed by atoms with van der Waals surface area (Å²) in [4.78, 5) is 28.7. The minimum Gasteiger partial charge on any atom is -0.497 e. The number of rotatable bonds is 5. The molecule has 4 rings (SSSR count). The predicted octanol–water partition coefficient (Wildman–Crippen LogP) is 4.79. The Hall–Kier alpha value is -2.53. The first-order chi connectivity index (χ1) is 14.5. The maximum atomic E-state index is 13.8. The SMILES string of the molecule is COc1ccc(NC(=O)[C@H]2CCCN2C(=O)C2(c3cccc(Cl)c3)CCCC2)cc1. The van der Waals surface area contributed by atoms with E-state index in [1.807, 2.05) is 36.4 Å². The van der Waals surface area contributed by atoms with Gasteiger partial charge in [0.15, 0.2) is 0 Å². The van der Waals surface area contributed by atoms with Gasteiger partial charge in [-0.15, -0.1) is 0 Å². The number of ether oxygens (including phenoxy) is 1. The molecule has 0 spiro atoms. The molecule has 1 heterocycles. The van der Waals surface area contributed by atoms with Gasteiger partial charge in [-0.25, -0.2) is 0 Å². The molecule has 1 atom stereocenters. The maximum absolute atomic E-state index is 13.8. The van der Waals surface area contributed by atoms with E-state index in [2.05, 4.69) is 5.32 Å². The van der Waals surface area contributed by atoms with Crippen molar-refractivity contribution in [2.24, 2.45) is 0 Å². The van der Waals surface area contributed by atoms with E-state index in [-0.39, 0.29) is 11.8 Å². The molecule has 0 radical (unpaired) electrons. The molecular formula is C24H27ClN2O3. The van der Waals surface area contributed by atoms with E-state index >= 15 is 0 Å². The zero-order valence-electron chi connectivity index (χ0n) is 17.2. The topological polar surface area (TPSA) is 58.6 Å². The molecule has 0 unspecified atom stereocenters. The minimum absolute atomic E-state index is 0.0645. The number of likely N-dealkylation sites (tertiary alicyclic amines) is 1. The van der Waals surface area contributed by atoms with Gasteiger partial charge >= 0.3 is 0 Å². The van der Waals surface area contributed by atoms with Crippen LogP contribution in [0.4, 0.5) is 5.69 Å². The standard InChI is InChI=1S/C24H27ClN2O3/c1-30-20-11-9-19(10-12-20)26-22(28)21-8-5-15-27(21)23(29)24(13-2-3-14-24)17-6-4-7-18(25)16-17/h4,6-7,9-12,16,21H,2-3,5,8,13-15H2,1H3,(H,26,28)/t21-/m1/s1. The monoisotopic (exact) mass is 426 g/mol. The van der Waals surface area contributed by atoms with Gasteiger partial charge in [-0.3, -0.25) is 9.59 Å². The summed E-state index contributed by atoms with van der Waals surface area (Å²) in [7, 11) is 1.61. The van der Waals surface area contributed by atoms with Gasteiger partial charge < -0.3 is 15.0 Å². The van der Waals surface area contributed by atoms with Gasteiger partial charge in [0, 0.05) is 17.3 Å². The van der Waals surface area contributed by atoms with Crippen LogP contribution in [-0.2, 0) is 15.0 Å². The zero-order chi connectivity index (χ0) is 21.1. The first-order valence-electron chi connectivity index (χ1n) is 10.6. The van der Waals surface area contributed by atoms with Crippen molar-refractivity contribution in [2.45, 2.75) is 50.0 Å². The summed E-state index contributed by atoms with van der Waals surface area (Å²) < 4.78 is 5.17. The second-order valence-corrected chi connectivity index (χ2v) is 8.61. The Balaban J connectivity index is 1.55. The van der Waals surface area contributed by atoms with Crippen molar-refractivity contribution in [1.29, 1.82) is 0 Å². The molecule has 1 saturated heterocycles. The number of methoxy groups -OCH3 is 1. The van der Waals surface area contributed by atoms with Crippen LogP contribution in [0.25, 0.3) is 0 Å². The maximum Gasteiger partial charge on any atom is 0.247 e. The van der Waals surface area contributed by atoms with Crippen LogP contribution in [0.1, 0.15) is 44.1 Å². The summed E-state index contributed by atoms with van der Waals surface area (Å²) in [6.45, 7) is 0.613. The molecule has 158 valence electrons. The summed E-state index contributed by atoms with van der Waals surface area (Å²) in [5.41, 5.74) is 1.10. The molecule has 1 saturated carbocycles. The second kappa shape index (κ2) is 8.68. The zero-order valence-corrected chi connectivity index (χ0v) is 18.0. The lowest BCUT2D eigenvalue weighted by Crippen LogP contribution is -2.51. The van der Waals surface area contributed by atoms with Crippen LogP contribution in [0.2, 0.25) is 5.02 Å². The molecule has 2 fully saturated rings. The lowest BCUT2D eigenvalue weighted by atomic mass is 9.77. The van der Waals surface area contributed by atoms with Crippen LogP contribution in [0.15, 0.2) is 48.5 Å². The highest BCUT2D eigenvalue weighted by Crippen LogP contribution is 2.44. The van der Waals surface area contributed by atoms with Gasteiger partial charge in [-0.2, -0.15) is 0 Å². The average molecular weight is 427 g/mol. The Morgan fingerprint density at radius 1 is 1.10 bits per heavy atom. The van der Waals surface area contributed by atoms with Crippen molar-refractivity contribution in [3.8, 4) is 5.75 Å². The third kappa shape index (κ3) is 3.91. The number of carbonyl (C=O) groups excluding carboxylic acids is 2. The molecule has 30 heavy (non-hydrogen) atoms. The Bertz CT molecular complexity index is 922. The number of amides is 2. The first kappa shape index (κ1) is 20.7. The highest BCUT2D eigenvalue weighted by molar-refractivity contribution is 6.30. The quantitative estimate of drug-likeness (QED) is 0.747. The third-order valence-electron chi connectivity index (χ3n) is 6.42. The number of hydrogen-bond donors (Lipinski definition) is 1. The second-order valence-electron chi connectivity index (χ2n) is 8.17. The molecule has 2 aromatic carbocycles. The van der Waals surface area contributed by atoms with E-state index in [9.17, 15) is 9.59 Å². The largest absolute Gasteiger partial charge is 0.497 e. The lowest BCUT2D eigenvalue weighted by molar-refractivity contribution is -0.141. The molecule has 1 aliphatic carbocycles. The van der Waals surface area contributed by atoms with Gasteiger partial charge in [-0.1, -0.05) is 36.6 Å². The van der Waals surface area contributed by atoms with Gasteiger partial charge in [0.2, 0.25) is 11.8 Å². The Morgan fingerprint density at radius 3 is 2.50 bits per heavy atom. The summed E-state index contributed by atoms with van der Waals surface area (Å²) in [5.74, 6) is 0.662. The molecule has 2 aromatic rings. The molecule has 6 heteroatoms. The van der Waals surface area contributed by atoms with Crippen molar-refractivity contribution in [3.05, 3.63) is 59.1 Å². The normalized spacial score (nSPS) is 20.2. The molecule has 0 aromatic heterocycles. The van der Waals surface area contributed by atoms with Gasteiger partial charge in [0.25, 0.3) is 0 Å². The van der Waals surface area contributed by atoms with Crippen LogP contribution in [-0.4, -0.2) is 36.4 Å². The van der Waals surface area contributed by atoms with Crippen molar-refractivity contribution in [2.75, 3.05) is 19.0 Å². The number of hydrogen-bond acceptors (Lipinski definition) is 3. The van der Waals surface area contributed by atoms with Crippen molar-refractivity contribution < 1.29 is 14.3 Å². The first-order valence-corrected chi connectivity index (χ1v) is 10.9. The molecule has 1 aliphatic heterocycles. The Kier molecular flexibility index (Phi) is 6.00. The highest BCUT2D eigenvalue weighted by Gasteiger charge is 2.48.